The van der Waals surface area contributed by atoms with E-state index in [1.54, 1.807) is 4.68 Å². The summed E-state index contributed by atoms with van der Waals surface area (Å²) in [6, 6.07) is 0. The predicted octanol–water partition coefficient (Wildman–Crippen LogP) is 2.87. The number of rotatable bonds is 6. The summed E-state index contributed by atoms with van der Waals surface area (Å²) in [4.78, 5) is 0. The third-order valence-corrected chi connectivity index (χ3v) is 3.26. The highest BCUT2D eigenvalue weighted by Crippen LogP contribution is 2.21. The molecule has 0 unspecified atom stereocenters. The highest BCUT2D eigenvalue weighted by molar-refractivity contribution is 6.30. The number of nitrogens with one attached hydrogen (secondary N) is 1. The Hall–Kier alpha value is -0.800. The Labute approximate surface area is 109 Å². The second-order valence-corrected chi connectivity index (χ2v) is 4.71. The van der Waals surface area contributed by atoms with Crippen molar-refractivity contribution in [3.63, 3.8) is 0 Å². The van der Waals surface area contributed by atoms with E-state index in [0.717, 1.165) is 42.3 Å². The van der Waals surface area contributed by atoms with Crippen LogP contribution in [0.1, 0.15) is 31.5 Å². The van der Waals surface area contributed by atoms with Gasteiger partial charge in [-0.15, -0.1) is 0 Å². The summed E-state index contributed by atoms with van der Waals surface area (Å²) >= 11 is 6.20. The van der Waals surface area contributed by atoms with Crippen LogP contribution in [0.5, 0.6) is 0 Å². The molecule has 3 nitrogen and oxygen atoms in total. The first-order chi connectivity index (χ1) is 8.06. The minimum atomic E-state index is 0.752. The molecule has 0 bridgehead atoms. The average molecular weight is 256 g/mol. The molecule has 0 aromatic carbocycles. The van der Waals surface area contributed by atoms with E-state index in [4.69, 9.17) is 11.6 Å². The summed E-state index contributed by atoms with van der Waals surface area (Å²) < 4.78 is 1.73. The van der Waals surface area contributed by atoms with E-state index >= 15 is 0 Å². The van der Waals surface area contributed by atoms with Crippen molar-refractivity contribution < 1.29 is 0 Å². The highest BCUT2D eigenvalue weighted by atomic mass is 35.5. The fraction of sp³-hybridized carbons (Fsp3) is 0.615. The summed E-state index contributed by atoms with van der Waals surface area (Å²) in [6.07, 6.45) is 4.23. The van der Waals surface area contributed by atoms with Crippen molar-refractivity contribution in [1.29, 1.82) is 0 Å². The van der Waals surface area contributed by atoms with Crippen molar-refractivity contribution in [2.24, 2.45) is 7.05 Å². The Morgan fingerprint density at radius 1 is 1.53 bits per heavy atom. The molecule has 1 rings (SSSR count). The van der Waals surface area contributed by atoms with Crippen LogP contribution < -0.4 is 5.32 Å². The standard InChI is InChI=1S/C13H22ClN3/c1-5-15-8-6-7-10(2)9-12-11(3)16-17(4)13(12)14/h7,15H,5-6,8-9H2,1-4H3/b10-7-. The molecule has 0 saturated heterocycles. The van der Waals surface area contributed by atoms with E-state index < -0.39 is 0 Å². The van der Waals surface area contributed by atoms with Crippen LogP contribution in [0, 0.1) is 6.92 Å². The lowest BCUT2D eigenvalue weighted by Crippen LogP contribution is -2.13. The van der Waals surface area contributed by atoms with Crippen LogP contribution in [0.3, 0.4) is 0 Å². The van der Waals surface area contributed by atoms with Crippen LogP contribution in [-0.2, 0) is 13.5 Å². The lowest BCUT2D eigenvalue weighted by molar-refractivity contribution is 0.724. The number of aryl methyl sites for hydroxylation is 2. The number of nitrogens with zero attached hydrogens (tertiary/aromatic N) is 2. The third-order valence-electron chi connectivity index (χ3n) is 2.79. The average Bonchev–Trinajstić information content (AvgIpc) is 2.52. The zero-order valence-corrected chi connectivity index (χ0v) is 11.9. The summed E-state index contributed by atoms with van der Waals surface area (Å²) in [5, 5.41) is 8.38. The zero-order chi connectivity index (χ0) is 12.8. The molecule has 0 saturated carbocycles. The quantitative estimate of drug-likeness (QED) is 0.626. The molecule has 0 fully saturated rings. The monoisotopic (exact) mass is 255 g/mol. The second-order valence-electron chi connectivity index (χ2n) is 4.35. The molecule has 1 aromatic heterocycles. The van der Waals surface area contributed by atoms with Crippen LogP contribution in [0.15, 0.2) is 11.6 Å². The topological polar surface area (TPSA) is 29.9 Å². The molecule has 1 N–H and O–H groups in total. The minimum absolute atomic E-state index is 0.752. The maximum atomic E-state index is 6.20. The van der Waals surface area contributed by atoms with Gasteiger partial charge in [0.2, 0.25) is 0 Å². The number of aromatic nitrogens is 2. The van der Waals surface area contributed by atoms with Gasteiger partial charge >= 0.3 is 0 Å². The number of hydrogen-bond acceptors (Lipinski definition) is 2. The summed E-state index contributed by atoms with van der Waals surface area (Å²) in [7, 11) is 1.88. The van der Waals surface area contributed by atoms with Crippen LogP contribution in [0.25, 0.3) is 0 Å². The van der Waals surface area contributed by atoms with Crippen molar-refractivity contribution in [2.45, 2.75) is 33.6 Å². The molecule has 4 heteroatoms. The molecular formula is C13H22ClN3. The van der Waals surface area contributed by atoms with Crippen LogP contribution in [-0.4, -0.2) is 22.9 Å². The summed E-state index contributed by atoms with van der Waals surface area (Å²) in [5.41, 5.74) is 3.52. The third kappa shape index (κ3) is 4.17. The van der Waals surface area contributed by atoms with Crippen molar-refractivity contribution >= 4 is 11.6 Å². The molecule has 0 spiro atoms. The molecule has 96 valence electrons. The second kappa shape index (κ2) is 6.82. The molecule has 0 aliphatic heterocycles. The first kappa shape index (κ1) is 14.3. The van der Waals surface area contributed by atoms with E-state index in [1.165, 1.54) is 5.57 Å². The smallest absolute Gasteiger partial charge is 0.130 e. The van der Waals surface area contributed by atoms with E-state index in [9.17, 15) is 0 Å². The van der Waals surface area contributed by atoms with Gasteiger partial charge in [0.05, 0.1) is 5.69 Å². The van der Waals surface area contributed by atoms with Gasteiger partial charge in [0.1, 0.15) is 5.15 Å². The van der Waals surface area contributed by atoms with Crippen LogP contribution >= 0.6 is 11.6 Å². The Kier molecular flexibility index (Phi) is 5.72. The van der Waals surface area contributed by atoms with Crippen molar-refractivity contribution in [3.8, 4) is 0 Å². The van der Waals surface area contributed by atoms with E-state index in [-0.39, 0.29) is 0 Å². The first-order valence-electron chi connectivity index (χ1n) is 6.10. The molecule has 0 amide bonds. The van der Waals surface area contributed by atoms with Gasteiger partial charge in [0.25, 0.3) is 0 Å². The van der Waals surface area contributed by atoms with Gasteiger partial charge in [-0.3, -0.25) is 4.68 Å². The Balaban J connectivity index is 2.58. The first-order valence-corrected chi connectivity index (χ1v) is 6.48. The van der Waals surface area contributed by atoms with Gasteiger partial charge in [-0.25, -0.2) is 0 Å². The van der Waals surface area contributed by atoms with Crippen molar-refractivity contribution in [3.05, 3.63) is 28.1 Å². The van der Waals surface area contributed by atoms with E-state index in [2.05, 4.69) is 30.3 Å². The van der Waals surface area contributed by atoms with Crippen molar-refractivity contribution in [1.82, 2.24) is 15.1 Å². The Morgan fingerprint density at radius 2 is 2.24 bits per heavy atom. The molecule has 0 aliphatic rings. The van der Waals surface area contributed by atoms with Gasteiger partial charge < -0.3 is 5.32 Å². The van der Waals surface area contributed by atoms with Gasteiger partial charge in [0.15, 0.2) is 0 Å². The highest BCUT2D eigenvalue weighted by Gasteiger charge is 2.10. The lowest BCUT2D eigenvalue weighted by atomic mass is 10.1. The normalized spacial score (nSPS) is 12.2. The molecule has 0 radical (unpaired) electrons. The van der Waals surface area contributed by atoms with Crippen LogP contribution in [0.4, 0.5) is 0 Å². The predicted molar refractivity (Wildman–Crippen MR) is 73.6 cm³/mol. The van der Waals surface area contributed by atoms with Crippen molar-refractivity contribution in [2.75, 3.05) is 13.1 Å². The number of hydrogen-bond donors (Lipinski definition) is 1. The summed E-state index contributed by atoms with van der Waals surface area (Å²) in [6.45, 7) is 8.34. The summed E-state index contributed by atoms with van der Waals surface area (Å²) in [5.74, 6) is 0. The number of allylic oxidation sites excluding steroid dienone is 1. The molecule has 1 heterocycles. The maximum absolute atomic E-state index is 6.20. The largest absolute Gasteiger partial charge is 0.317 e. The Bertz CT molecular complexity index is 394. The van der Waals surface area contributed by atoms with Gasteiger partial charge in [-0.1, -0.05) is 30.2 Å². The fourth-order valence-electron chi connectivity index (χ4n) is 1.82. The van der Waals surface area contributed by atoms with E-state index in [1.807, 2.05) is 14.0 Å². The zero-order valence-electron chi connectivity index (χ0n) is 11.2. The molecule has 0 atom stereocenters. The van der Waals surface area contributed by atoms with Gasteiger partial charge in [-0.2, -0.15) is 5.10 Å². The molecular weight excluding hydrogens is 234 g/mol. The van der Waals surface area contributed by atoms with E-state index in [0.29, 0.717) is 0 Å². The van der Waals surface area contributed by atoms with Gasteiger partial charge in [-0.05, 0) is 39.8 Å². The molecule has 17 heavy (non-hydrogen) atoms. The number of halogens is 1. The maximum Gasteiger partial charge on any atom is 0.130 e. The Morgan fingerprint density at radius 3 is 2.76 bits per heavy atom. The minimum Gasteiger partial charge on any atom is -0.317 e. The molecule has 1 aromatic rings. The SMILES string of the molecule is CCNCC/C=C(/C)Cc1c(C)nn(C)c1Cl. The van der Waals surface area contributed by atoms with Gasteiger partial charge in [0, 0.05) is 12.6 Å². The lowest BCUT2D eigenvalue weighted by Gasteiger charge is -2.02. The molecule has 0 aliphatic carbocycles. The van der Waals surface area contributed by atoms with Crippen LogP contribution in [0.2, 0.25) is 5.15 Å². The fourth-order valence-corrected chi connectivity index (χ4v) is 2.06.